The number of carbonyl (C=O) groups excluding carboxylic acids is 1. The summed E-state index contributed by atoms with van der Waals surface area (Å²) < 4.78 is 11.3. The first kappa shape index (κ1) is 16.8. The molecule has 0 bridgehead atoms. The summed E-state index contributed by atoms with van der Waals surface area (Å²) in [6, 6.07) is 7.66. The summed E-state index contributed by atoms with van der Waals surface area (Å²) in [5, 5.41) is 2.33. The molecular weight excluding hydrogens is 278 g/mol. The van der Waals surface area contributed by atoms with Crippen LogP contribution in [0.4, 0.5) is 0 Å². The lowest BCUT2D eigenvalue weighted by Gasteiger charge is -2.35. The maximum atomic E-state index is 12.3. The van der Waals surface area contributed by atoms with Gasteiger partial charge in [0.2, 0.25) is 0 Å². The summed E-state index contributed by atoms with van der Waals surface area (Å²) in [4.78, 5) is 12.3. The van der Waals surface area contributed by atoms with Crippen LogP contribution >= 0.6 is 0 Å². The molecule has 0 radical (unpaired) electrons. The summed E-state index contributed by atoms with van der Waals surface area (Å²) in [7, 11) is 0. The Labute approximate surface area is 133 Å². The first-order valence-corrected chi connectivity index (χ1v) is 8.26. The van der Waals surface area contributed by atoms with Gasteiger partial charge in [-0.25, -0.2) is 0 Å². The second-order valence-corrected chi connectivity index (χ2v) is 6.48. The first-order chi connectivity index (χ1) is 10.5. The lowest BCUT2D eigenvalue weighted by Crippen LogP contribution is -2.86. The number of piperidine rings is 1. The molecule has 1 heterocycles. The third kappa shape index (κ3) is 4.73. The molecule has 0 atom stereocenters. The Morgan fingerprint density at radius 2 is 2.05 bits per heavy atom. The molecule has 0 amide bonds. The van der Waals surface area contributed by atoms with Crippen molar-refractivity contribution in [2.75, 3.05) is 19.7 Å². The van der Waals surface area contributed by atoms with Crippen molar-refractivity contribution in [3.05, 3.63) is 29.8 Å². The Kier molecular flexibility index (Phi) is 5.83. The van der Waals surface area contributed by atoms with Crippen molar-refractivity contribution in [1.29, 1.82) is 0 Å². The fourth-order valence-corrected chi connectivity index (χ4v) is 3.11. The van der Waals surface area contributed by atoms with Crippen molar-refractivity contribution in [2.45, 2.75) is 45.6 Å². The number of rotatable bonds is 6. The van der Waals surface area contributed by atoms with Crippen LogP contribution in [0.3, 0.4) is 0 Å². The predicted octanol–water partition coefficient (Wildman–Crippen LogP) is 1.92. The highest BCUT2D eigenvalue weighted by Crippen LogP contribution is 2.28. The maximum Gasteiger partial charge on any atom is 0.310 e. The molecule has 2 rings (SSSR count). The average Bonchev–Trinajstić information content (AvgIpc) is 2.48. The fourth-order valence-electron chi connectivity index (χ4n) is 3.11. The van der Waals surface area contributed by atoms with Crippen LogP contribution in [0.15, 0.2) is 24.3 Å². The van der Waals surface area contributed by atoms with Gasteiger partial charge in [0.15, 0.2) is 0 Å². The molecule has 0 spiro atoms. The van der Waals surface area contributed by atoms with Gasteiger partial charge in [0.05, 0.1) is 26.1 Å². The zero-order valence-corrected chi connectivity index (χ0v) is 13.9. The van der Waals surface area contributed by atoms with Crippen LogP contribution < -0.4 is 10.1 Å². The molecule has 1 aliphatic rings. The molecule has 0 unspecified atom stereocenters. The van der Waals surface area contributed by atoms with Gasteiger partial charge < -0.3 is 14.8 Å². The van der Waals surface area contributed by atoms with Gasteiger partial charge in [-0.15, -0.1) is 0 Å². The zero-order valence-electron chi connectivity index (χ0n) is 13.9. The van der Waals surface area contributed by atoms with Gasteiger partial charge in [-0.05, 0) is 38.5 Å². The van der Waals surface area contributed by atoms with Gasteiger partial charge in [-0.2, -0.15) is 0 Å². The summed E-state index contributed by atoms with van der Waals surface area (Å²) in [5.74, 6) is 1.10. The Balaban J connectivity index is 1.92. The maximum absolute atomic E-state index is 12.3. The highest BCUT2D eigenvalue weighted by atomic mass is 16.6. The number of ether oxygens (including phenoxy) is 2. The molecule has 1 aromatic rings. The van der Waals surface area contributed by atoms with E-state index in [1.165, 1.54) is 0 Å². The molecule has 1 aromatic carbocycles. The molecule has 0 saturated carbocycles. The van der Waals surface area contributed by atoms with Crippen LogP contribution in [0, 0.1) is 5.92 Å². The zero-order chi connectivity index (χ0) is 16.0. The number of carbonyl (C=O) groups is 1. The van der Waals surface area contributed by atoms with E-state index in [9.17, 15) is 4.79 Å². The van der Waals surface area contributed by atoms with Crippen molar-refractivity contribution < 1.29 is 19.6 Å². The number of benzene rings is 1. The average molecular weight is 306 g/mol. The van der Waals surface area contributed by atoms with Crippen LogP contribution in [0.5, 0.6) is 5.75 Å². The molecule has 1 fully saturated rings. The van der Waals surface area contributed by atoms with Gasteiger partial charge in [-0.1, -0.05) is 12.1 Å². The van der Waals surface area contributed by atoms with E-state index in [0.717, 1.165) is 37.2 Å². The van der Waals surface area contributed by atoms with Crippen molar-refractivity contribution >= 4 is 5.97 Å². The minimum Gasteiger partial charge on any atom is -0.494 e. The van der Waals surface area contributed by atoms with Crippen LogP contribution in [-0.2, 0) is 16.0 Å². The molecule has 0 aromatic heterocycles. The van der Waals surface area contributed by atoms with E-state index in [1.54, 1.807) is 0 Å². The first-order valence-electron chi connectivity index (χ1n) is 8.26. The normalized spacial score (nSPS) is 16.3. The topological polar surface area (TPSA) is 52.1 Å². The van der Waals surface area contributed by atoms with Gasteiger partial charge in [0, 0.05) is 18.8 Å². The van der Waals surface area contributed by atoms with E-state index < -0.39 is 0 Å². The Morgan fingerprint density at radius 3 is 2.73 bits per heavy atom. The van der Waals surface area contributed by atoms with E-state index >= 15 is 0 Å². The molecule has 4 nitrogen and oxygen atoms in total. The Morgan fingerprint density at radius 1 is 1.32 bits per heavy atom. The fraction of sp³-hybridized carbons (Fsp3) is 0.611. The Hall–Kier alpha value is -1.55. The number of hydrogen-bond acceptors (Lipinski definition) is 3. The molecule has 2 N–H and O–H groups in total. The second kappa shape index (κ2) is 7.63. The number of quaternary nitrogens is 1. The van der Waals surface area contributed by atoms with Gasteiger partial charge in [0.1, 0.15) is 11.4 Å². The minimum absolute atomic E-state index is 0.159. The molecule has 22 heavy (non-hydrogen) atoms. The van der Waals surface area contributed by atoms with E-state index in [-0.39, 0.29) is 11.6 Å². The van der Waals surface area contributed by atoms with E-state index in [1.807, 2.05) is 45.0 Å². The molecule has 0 aliphatic carbocycles. The molecule has 4 heteroatoms. The molecule has 1 aliphatic heterocycles. The van der Waals surface area contributed by atoms with Crippen molar-refractivity contribution in [3.63, 3.8) is 0 Å². The third-order valence-electron chi connectivity index (χ3n) is 4.36. The van der Waals surface area contributed by atoms with E-state index in [4.69, 9.17) is 9.47 Å². The summed E-state index contributed by atoms with van der Waals surface area (Å²) in [6.07, 6.45) is 2.52. The van der Waals surface area contributed by atoms with E-state index in [0.29, 0.717) is 18.9 Å². The largest absolute Gasteiger partial charge is 0.494 e. The molecule has 1 saturated heterocycles. The number of hydrogen-bond donors (Lipinski definition) is 1. The van der Waals surface area contributed by atoms with Gasteiger partial charge >= 0.3 is 5.97 Å². The standard InChI is InChI=1S/C18H27NO3/c1-4-21-16-7-5-6-14(12-16)13-17(20)22-18(2,3)15-8-10-19-11-9-15/h5-7,12,15,19H,4,8-11,13H2,1-3H3/p+1. The van der Waals surface area contributed by atoms with Crippen molar-refractivity contribution in [2.24, 2.45) is 5.92 Å². The number of nitrogens with two attached hydrogens (primary N) is 1. The monoisotopic (exact) mass is 306 g/mol. The quantitative estimate of drug-likeness (QED) is 0.817. The van der Waals surface area contributed by atoms with Crippen LogP contribution in [0.1, 0.15) is 39.2 Å². The smallest absolute Gasteiger partial charge is 0.310 e. The van der Waals surface area contributed by atoms with E-state index in [2.05, 4.69) is 5.32 Å². The van der Waals surface area contributed by atoms with Crippen LogP contribution in [0.25, 0.3) is 0 Å². The molecular formula is C18H28NO3+. The summed E-state index contributed by atoms with van der Waals surface area (Å²) in [6.45, 7) is 8.91. The summed E-state index contributed by atoms with van der Waals surface area (Å²) >= 11 is 0. The highest BCUT2D eigenvalue weighted by molar-refractivity contribution is 5.73. The lowest BCUT2D eigenvalue weighted by atomic mass is 9.83. The minimum atomic E-state index is -0.386. The SMILES string of the molecule is CCOc1cccc(CC(=O)OC(C)(C)C2CC[NH2+]CC2)c1. The van der Waals surface area contributed by atoms with Crippen LogP contribution in [-0.4, -0.2) is 31.3 Å². The van der Waals surface area contributed by atoms with Gasteiger partial charge in [0.25, 0.3) is 0 Å². The molecule has 122 valence electrons. The third-order valence-corrected chi connectivity index (χ3v) is 4.36. The lowest BCUT2D eigenvalue weighted by molar-refractivity contribution is -0.665. The number of esters is 1. The van der Waals surface area contributed by atoms with Crippen molar-refractivity contribution in [3.8, 4) is 5.75 Å². The summed E-state index contributed by atoms with van der Waals surface area (Å²) in [5.41, 5.74) is 0.548. The second-order valence-electron chi connectivity index (χ2n) is 6.48. The Bertz CT molecular complexity index is 493. The highest BCUT2D eigenvalue weighted by Gasteiger charge is 2.35. The van der Waals surface area contributed by atoms with Crippen molar-refractivity contribution in [1.82, 2.24) is 0 Å². The van der Waals surface area contributed by atoms with Gasteiger partial charge in [-0.3, -0.25) is 4.79 Å². The van der Waals surface area contributed by atoms with Crippen LogP contribution in [0.2, 0.25) is 0 Å². The predicted molar refractivity (Wildman–Crippen MR) is 85.9 cm³/mol.